The summed E-state index contributed by atoms with van der Waals surface area (Å²) in [6.07, 6.45) is 1.81. The van der Waals surface area contributed by atoms with Crippen molar-refractivity contribution in [3.05, 3.63) is 23.8 Å². The molecule has 3 nitrogen and oxygen atoms in total. The molecule has 2 N–H and O–H groups in total. The van der Waals surface area contributed by atoms with E-state index in [1.807, 2.05) is 11.8 Å². The number of benzene rings is 1. The Hall–Kier alpha value is -1.16. The molecule has 0 unspecified atom stereocenters. The van der Waals surface area contributed by atoms with Gasteiger partial charge in [0.2, 0.25) is 0 Å². The molecule has 1 aromatic carbocycles. The van der Waals surface area contributed by atoms with Crippen LogP contribution in [0.15, 0.2) is 23.1 Å². The zero-order valence-electron chi connectivity index (χ0n) is 9.03. The SMILES string of the molecule is O=C(O)CCCc1ccc2c(c1)SCCN2. The molecule has 0 bridgehead atoms. The predicted molar refractivity (Wildman–Crippen MR) is 66.2 cm³/mol. The number of thioether (sulfide) groups is 1. The first-order chi connectivity index (χ1) is 7.75. The van der Waals surface area contributed by atoms with Crippen molar-refractivity contribution < 1.29 is 9.90 Å². The Bertz CT molecular complexity index is 393. The number of carbonyl (C=O) groups is 1. The summed E-state index contributed by atoms with van der Waals surface area (Å²) >= 11 is 1.86. The van der Waals surface area contributed by atoms with Gasteiger partial charge in [-0.3, -0.25) is 4.79 Å². The Morgan fingerprint density at radius 1 is 1.50 bits per heavy atom. The van der Waals surface area contributed by atoms with Gasteiger partial charge in [-0.15, -0.1) is 11.8 Å². The molecule has 16 heavy (non-hydrogen) atoms. The van der Waals surface area contributed by atoms with Crippen LogP contribution in [-0.2, 0) is 11.2 Å². The minimum Gasteiger partial charge on any atom is -0.481 e. The van der Waals surface area contributed by atoms with Gasteiger partial charge in [-0.05, 0) is 30.5 Å². The van der Waals surface area contributed by atoms with Crippen LogP contribution in [0, 0.1) is 0 Å². The summed E-state index contributed by atoms with van der Waals surface area (Å²) in [5.41, 5.74) is 2.44. The first-order valence-electron chi connectivity index (χ1n) is 5.47. The Labute approximate surface area is 99.2 Å². The van der Waals surface area contributed by atoms with Crippen molar-refractivity contribution in [2.45, 2.75) is 24.2 Å². The van der Waals surface area contributed by atoms with Crippen molar-refractivity contribution in [1.82, 2.24) is 0 Å². The highest BCUT2D eigenvalue weighted by atomic mass is 32.2. The normalized spacial score (nSPS) is 14.0. The molecular formula is C12H15NO2S. The fourth-order valence-electron chi connectivity index (χ4n) is 1.78. The van der Waals surface area contributed by atoms with Crippen molar-refractivity contribution in [2.24, 2.45) is 0 Å². The lowest BCUT2D eigenvalue weighted by atomic mass is 10.1. The third-order valence-electron chi connectivity index (χ3n) is 2.58. The Morgan fingerprint density at radius 3 is 3.19 bits per heavy atom. The fourth-order valence-corrected chi connectivity index (χ4v) is 2.73. The molecule has 1 heterocycles. The highest BCUT2D eigenvalue weighted by molar-refractivity contribution is 7.99. The van der Waals surface area contributed by atoms with Crippen LogP contribution in [0.25, 0.3) is 0 Å². The van der Waals surface area contributed by atoms with Crippen LogP contribution in [0.2, 0.25) is 0 Å². The second kappa shape index (κ2) is 5.25. The summed E-state index contributed by atoms with van der Waals surface area (Å²) in [5.74, 6) is 0.389. The van der Waals surface area contributed by atoms with Gasteiger partial charge in [0.15, 0.2) is 0 Å². The van der Waals surface area contributed by atoms with Crippen LogP contribution in [0.3, 0.4) is 0 Å². The molecular weight excluding hydrogens is 222 g/mol. The second-order valence-electron chi connectivity index (χ2n) is 3.85. The van der Waals surface area contributed by atoms with E-state index in [9.17, 15) is 4.79 Å². The van der Waals surface area contributed by atoms with E-state index in [1.54, 1.807) is 0 Å². The van der Waals surface area contributed by atoms with E-state index in [0.29, 0.717) is 6.42 Å². The molecule has 1 aromatic rings. The maximum Gasteiger partial charge on any atom is 0.303 e. The van der Waals surface area contributed by atoms with Gasteiger partial charge in [0.05, 0.1) is 0 Å². The van der Waals surface area contributed by atoms with E-state index < -0.39 is 5.97 Å². The smallest absolute Gasteiger partial charge is 0.303 e. The van der Waals surface area contributed by atoms with Crippen molar-refractivity contribution in [1.29, 1.82) is 0 Å². The average molecular weight is 237 g/mol. The van der Waals surface area contributed by atoms with Crippen molar-refractivity contribution in [2.75, 3.05) is 17.6 Å². The van der Waals surface area contributed by atoms with E-state index in [2.05, 4.69) is 23.5 Å². The highest BCUT2D eigenvalue weighted by Gasteiger charge is 2.09. The maximum absolute atomic E-state index is 10.4. The molecule has 0 saturated heterocycles. The zero-order valence-corrected chi connectivity index (χ0v) is 9.85. The van der Waals surface area contributed by atoms with E-state index in [0.717, 1.165) is 18.7 Å². The minimum absolute atomic E-state index is 0.252. The van der Waals surface area contributed by atoms with Gasteiger partial charge < -0.3 is 10.4 Å². The molecule has 1 aliphatic rings. The molecule has 0 aromatic heterocycles. The number of rotatable bonds is 4. The molecule has 1 aliphatic heterocycles. The summed E-state index contributed by atoms with van der Waals surface area (Å²) < 4.78 is 0. The summed E-state index contributed by atoms with van der Waals surface area (Å²) in [6.45, 7) is 1.02. The molecule has 0 spiro atoms. The third kappa shape index (κ3) is 2.92. The Kier molecular flexibility index (Phi) is 3.72. The molecule has 4 heteroatoms. The Balaban J connectivity index is 1.97. The summed E-state index contributed by atoms with van der Waals surface area (Å²) in [4.78, 5) is 11.7. The molecule has 0 saturated carbocycles. The number of aryl methyl sites for hydroxylation is 1. The predicted octanol–water partition coefficient (Wildman–Crippen LogP) is 2.61. The quantitative estimate of drug-likeness (QED) is 0.845. The number of carboxylic acid groups (broad SMARTS) is 1. The van der Waals surface area contributed by atoms with Gasteiger partial charge >= 0.3 is 5.97 Å². The minimum atomic E-state index is -0.714. The largest absolute Gasteiger partial charge is 0.481 e. The molecule has 0 aliphatic carbocycles. The molecule has 0 radical (unpaired) electrons. The van der Waals surface area contributed by atoms with Crippen LogP contribution in [-0.4, -0.2) is 23.4 Å². The molecule has 86 valence electrons. The van der Waals surface area contributed by atoms with Crippen LogP contribution in [0.1, 0.15) is 18.4 Å². The lowest BCUT2D eigenvalue weighted by molar-refractivity contribution is -0.137. The first-order valence-corrected chi connectivity index (χ1v) is 6.45. The van der Waals surface area contributed by atoms with E-state index in [-0.39, 0.29) is 6.42 Å². The molecule has 0 atom stereocenters. The van der Waals surface area contributed by atoms with Gasteiger partial charge in [-0.25, -0.2) is 0 Å². The topological polar surface area (TPSA) is 49.3 Å². The molecule has 2 rings (SSSR count). The lowest BCUT2D eigenvalue weighted by Gasteiger charge is -2.18. The summed E-state index contributed by atoms with van der Waals surface area (Å²) in [6, 6.07) is 6.35. The van der Waals surface area contributed by atoms with E-state index in [1.165, 1.54) is 16.1 Å². The van der Waals surface area contributed by atoms with E-state index in [4.69, 9.17) is 5.11 Å². The van der Waals surface area contributed by atoms with Gasteiger partial charge in [0, 0.05) is 29.3 Å². The number of hydrogen-bond donors (Lipinski definition) is 2. The standard InChI is InChI=1S/C12H15NO2S/c14-12(15)3-1-2-9-4-5-10-11(8-9)16-7-6-13-10/h4-5,8,13H,1-3,6-7H2,(H,14,15). The Morgan fingerprint density at radius 2 is 2.38 bits per heavy atom. The highest BCUT2D eigenvalue weighted by Crippen LogP contribution is 2.31. The van der Waals surface area contributed by atoms with Crippen molar-refractivity contribution >= 4 is 23.4 Å². The average Bonchev–Trinajstić information content (AvgIpc) is 2.28. The van der Waals surface area contributed by atoms with Crippen LogP contribution in [0.5, 0.6) is 0 Å². The van der Waals surface area contributed by atoms with Crippen LogP contribution < -0.4 is 5.32 Å². The maximum atomic E-state index is 10.4. The summed E-state index contributed by atoms with van der Waals surface area (Å²) in [7, 11) is 0. The van der Waals surface area contributed by atoms with Gasteiger partial charge in [-0.1, -0.05) is 6.07 Å². The second-order valence-corrected chi connectivity index (χ2v) is 4.99. The lowest BCUT2D eigenvalue weighted by Crippen LogP contribution is -2.10. The van der Waals surface area contributed by atoms with Crippen molar-refractivity contribution in [3.63, 3.8) is 0 Å². The number of carboxylic acids is 1. The monoisotopic (exact) mass is 237 g/mol. The van der Waals surface area contributed by atoms with Crippen LogP contribution >= 0.6 is 11.8 Å². The van der Waals surface area contributed by atoms with E-state index >= 15 is 0 Å². The number of aliphatic carboxylic acids is 1. The molecule has 0 amide bonds. The van der Waals surface area contributed by atoms with Crippen molar-refractivity contribution in [3.8, 4) is 0 Å². The molecule has 0 fully saturated rings. The number of nitrogens with one attached hydrogen (secondary N) is 1. The third-order valence-corrected chi connectivity index (χ3v) is 3.63. The number of hydrogen-bond acceptors (Lipinski definition) is 3. The zero-order chi connectivity index (χ0) is 11.4. The first kappa shape index (κ1) is 11.3. The fraction of sp³-hybridized carbons (Fsp3) is 0.417. The van der Waals surface area contributed by atoms with Crippen LogP contribution in [0.4, 0.5) is 5.69 Å². The van der Waals surface area contributed by atoms with Gasteiger partial charge in [0.1, 0.15) is 0 Å². The number of fused-ring (bicyclic) bond motifs is 1. The summed E-state index contributed by atoms with van der Waals surface area (Å²) in [5, 5.41) is 11.9. The number of anilines is 1. The van der Waals surface area contributed by atoms with Gasteiger partial charge in [-0.2, -0.15) is 0 Å². The van der Waals surface area contributed by atoms with Gasteiger partial charge in [0.25, 0.3) is 0 Å².